The van der Waals surface area contributed by atoms with E-state index >= 15 is 0 Å². The number of carbonyl (C=O) groups is 2. The van der Waals surface area contributed by atoms with Gasteiger partial charge in [0.1, 0.15) is 0 Å². The van der Waals surface area contributed by atoms with Gasteiger partial charge in [-0.25, -0.2) is 0 Å². The van der Waals surface area contributed by atoms with Gasteiger partial charge in [0.2, 0.25) is 5.91 Å². The lowest BCUT2D eigenvalue weighted by Gasteiger charge is -2.29. The second-order valence-corrected chi connectivity index (χ2v) is 9.03. The highest BCUT2D eigenvalue weighted by atomic mass is 16.2. The maximum absolute atomic E-state index is 13.3. The van der Waals surface area contributed by atoms with Gasteiger partial charge in [0.25, 0.3) is 5.91 Å². The number of aryl methyl sites for hydroxylation is 1. The molecule has 2 N–H and O–H groups in total. The van der Waals surface area contributed by atoms with Gasteiger partial charge in [0.15, 0.2) is 0 Å². The average molecular weight is 464 g/mol. The maximum Gasteiger partial charge on any atom is 0.251 e. The molecule has 5 nitrogen and oxygen atoms in total. The number of amides is 2. The summed E-state index contributed by atoms with van der Waals surface area (Å²) in [6, 6.07) is 24.7. The van der Waals surface area contributed by atoms with Crippen LogP contribution in [0.4, 0.5) is 0 Å². The molecule has 1 aliphatic heterocycles. The van der Waals surface area contributed by atoms with Gasteiger partial charge in [-0.3, -0.25) is 9.59 Å². The number of aromatic amines is 1. The Morgan fingerprint density at radius 2 is 1.71 bits per heavy atom. The molecule has 1 aromatic heterocycles. The lowest BCUT2D eigenvalue weighted by atomic mass is 9.96. The minimum atomic E-state index is -0.391. The smallest absolute Gasteiger partial charge is 0.251 e. The molecule has 0 radical (unpaired) electrons. The van der Waals surface area contributed by atoms with Crippen LogP contribution in [0.1, 0.15) is 45.9 Å². The van der Waals surface area contributed by atoms with Crippen molar-refractivity contribution in [3.63, 3.8) is 0 Å². The molecule has 3 aromatic carbocycles. The summed E-state index contributed by atoms with van der Waals surface area (Å²) in [5.74, 6) is -0.139. The van der Waals surface area contributed by atoms with Gasteiger partial charge in [-0.1, -0.05) is 66.7 Å². The summed E-state index contributed by atoms with van der Waals surface area (Å²) in [6.45, 7) is 3.37. The number of H-pyrrole nitrogens is 1. The molecular weight excluding hydrogens is 434 g/mol. The highest BCUT2D eigenvalue weighted by molar-refractivity contribution is 5.96. The van der Waals surface area contributed by atoms with E-state index in [1.807, 2.05) is 53.4 Å². The monoisotopic (exact) mass is 463 g/mol. The number of benzene rings is 3. The molecule has 1 atom stereocenters. The Balaban J connectivity index is 1.30. The molecule has 176 valence electrons. The molecule has 0 aliphatic carbocycles. The molecule has 0 spiro atoms. The van der Waals surface area contributed by atoms with Crippen molar-refractivity contribution in [1.82, 2.24) is 15.2 Å². The minimum Gasteiger partial charge on any atom is -0.361 e. The summed E-state index contributed by atoms with van der Waals surface area (Å²) in [5, 5.41) is 4.33. The molecule has 35 heavy (non-hydrogen) atoms. The van der Waals surface area contributed by atoms with E-state index < -0.39 is 6.04 Å². The average Bonchev–Trinajstić information content (AvgIpc) is 3.35. The number of nitrogens with zero attached hydrogens (tertiary/aromatic N) is 1. The molecule has 0 saturated carbocycles. The number of hydrogen-bond acceptors (Lipinski definition) is 2. The van der Waals surface area contributed by atoms with E-state index in [1.165, 1.54) is 22.1 Å². The standard InChI is InChI=1S/C30H29N3O2/c1-21-9-8-14-26-29(21)25(20-31-26)22-15-17-33(18-16-22)28(34)19-27(23-10-4-2-5-11-23)32-30(35)24-12-6-3-7-13-24/h2-15,20,27,31H,16-19H2,1H3,(H,32,35). The third-order valence-corrected chi connectivity index (χ3v) is 6.74. The van der Waals surface area contributed by atoms with Crippen LogP contribution in [-0.2, 0) is 4.79 Å². The van der Waals surface area contributed by atoms with Crippen molar-refractivity contribution in [2.45, 2.75) is 25.8 Å². The molecule has 0 saturated heterocycles. The van der Waals surface area contributed by atoms with Gasteiger partial charge in [-0.15, -0.1) is 0 Å². The van der Waals surface area contributed by atoms with E-state index in [9.17, 15) is 9.59 Å². The Morgan fingerprint density at radius 1 is 0.971 bits per heavy atom. The highest BCUT2D eigenvalue weighted by Crippen LogP contribution is 2.31. The van der Waals surface area contributed by atoms with Crippen molar-refractivity contribution in [3.05, 3.63) is 113 Å². The van der Waals surface area contributed by atoms with E-state index in [1.54, 1.807) is 12.1 Å². The zero-order valence-corrected chi connectivity index (χ0v) is 19.8. The van der Waals surface area contributed by atoms with E-state index in [0.29, 0.717) is 18.7 Å². The zero-order chi connectivity index (χ0) is 24.2. The fraction of sp³-hybridized carbons (Fsp3) is 0.200. The van der Waals surface area contributed by atoms with Crippen molar-refractivity contribution < 1.29 is 9.59 Å². The van der Waals surface area contributed by atoms with Crippen LogP contribution in [-0.4, -0.2) is 34.8 Å². The van der Waals surface area contributed by atoms with Crippen LogP contribution in [0.25, 0.3) is 16.5 Å². The molecular formula is C30H29N3O2. The number of fused-ring (bicyclic) bond motifs is 1. The molecule has 1 aliphatic rings. The van der Waals surface area contributed by atoms with Crippen LogP contribution < -0.4 is 5.32 Å². The second-order valence-electron chi connectivity index (χ2n) is 9.03. The second kappa shape index (κ2) is 10.0. The van der Waals surface area contributed by atoms with Crippen LogP contribution in [0.3, 0.4) is 0 Å². The normalized spacial score (nSPS) is 14.4. The Labute approximate surface area is 205 Å². The molecule has 2 heterocycles. The predicted molar refractivity (Wildman–Crippen MR) is 140 cm³/mol. The summed E-state index contributed by atoms with van der Waals surface area (Å²) in [7, 11) is 0. The van der Waals surface area contributed by atoms with Gasteiger partial charge in [-0.05, 0) is 48.2 Å². The zero-order valence-electron chi connectivity index (χ0n) is 19.8. The fourth-order valence-corrected chi connectivity index (χ4v) is 4.83. The summed E-state index contributed by atoms with van der Waals surface area (Å²) >= 11 is 0. The first-order valence-electron chi connectivity index (χ1n) is 12.0. The number of aromatic nitrogens is 1. The largest absolute Gasteiger partial charge is 0.361 e. The number of carbonyl (C=O) groups excluding carboxylic acids is 2. The Hall–Kier alpha value is -4.12. The van der Waals surface area contributed by atoms with Crippen LogP contribution in [0, 0.1) is 6.92 Å². The van der Waals surface area contributed by atoms with Crippen LogP contribution >= 0.6 is 0 Å². The van der Waals surface area contributed by atoms with Crippen molar-refractivity contribution >= 4 is 28.3 Å². The summed E-state index contributed by atoms with van der Waals surface area (Å²) in [5.41, 5.74) is 6.39. The van der Waals surface area contributed by atoms with Crippen molar-refractivity contribution in [2.75, 3.05) is 13.1 Å². The first kappa shape index (κ1) is 22.7. The van der Waals surface area contributed by atoms with Crippen molar-refractivity contribution in [3.8, 4) is 0 Å². The molecule has 4 aromatic rings. The molecule has 0 bridgehead atoms. The van der Waals surface area contributed by atoms with Crippen molar-refractivity contribution in [1.29, 1.82) is 0 Å². The number of rotatable bonds is 6. The molecule has 0 fully saturated rings. The van der Waals surface area contributed by atoms with Crippen molar-refractivity contribution in [2.24, 2.45) is 0 Å². The third-order valence-electron chi connectivity index (χ3n) is 6.74. The van der Waals surface area contributed by atoms with Crippen LogP contribution in [0.2, 0.25) is 0 Å². The van der Waals surface area contributed by atoms with Gasteiger partial charge >= 0.3 is 0 Å². The number of hydrogen-bond donors (Lipinski definition) is 2. The lowest BCUT2D eigenvalue weighted by Crippen LogP contribution is -2.38. The maximum atomic E-state index is 13.3. The van der Waals surface area contributed by atoms with Gasteiger partial charge in [-0.2, -0.15) is 0 Å². The minimum absolute atomic E-state index is 0.0395. The summed E-state index contributed by atoms with van der Waals surface area (Å²) in [4.78, 5) is 31.4. The quantitative estimate of drug-likeness (QED) is 0.388. The third kappa shape index (κ3) is 4.90. The SMILES string of the molecule is Cc1cccc2[nH]cc(C3=CCN(C(=O)CC(NC(=O)c4ccccc4)c4ccccc4)CC3)c12. The van der Waals surface area contributed by atoms with Gasteiger partial charge < -0.3 is 15.2 Å². The number of nitrogens with one attached hydrogen (secondary N) is 2. The first-order chi connectivity index (χ1) is 17.1. The predicted octanol–water partition coefficient (Wildman–Crippen LogP) is 5.65. The molecule has 2 amide bonds. The van der Waals surface area contributed by atoms with Gasteiger partial charge in [0.05, 0.1) is 12.5 Å². The first-order valence-corrected chi connectivity index (χ1v) is 12.0. The molecule has 5 rings (SSSR count). The van der Waals surface area contributed by atoms with E-state index in [2.05, 4.69) is 47.7 Å². The Morgan fingerprint density at radius 3 is 2.43 bits per heavy atom. The summed E-state index contributed by atoms with van der Waals surface area (Å²) in [6.07, 6.45) is 5.26. The Bertz CT molecular complexity index is 1370. The van der Waals surface area contributed by atoms with Gasteiger partial charge in [0, 0.05) is 41.3 Å². The molecule has 5 heteroatoms. The highest BCUT2D eigenvalue weighted by Gasteiger charge is 2.25. The van der Waals surface area contributed by atoms with E-state index in [4.69, 9.17) is 0 Å². The van der Waals surface area contributed by atoms with E-state index in [-0.39, 0.29) is 18.2 Å². The van der Waals surface area contributed by atoms with E-state index in [0.717, 1.165) is 17.5 Å². The molecule has 1 unspecified atom stereocenters. The topological polar surface area (TPSA) is 65.2 Å². The summed E-state index contributed by atoms with van der Waals surface area (Å²) < 4.78 is 0. The van der Waals surface area contributed by atoms with Crippen LogP contribution in [0.5, 0.6) is 0 Å². The van der Waals surface area contributed by atoms with Crippen LogP contribution in [0.15, 0.2) is 91.1 Å². The fourth-order valence-electron chi connectivity index (χ4n) is 4.83. The Kier molecular flexibility index (Phi) is 6.49. The lowest BCUT2D eigenvalue weighted by molar-refractivity contribution is -0.131.